The summed E-state index contributed by atoms with van der Waals surface area (Å²) in [6, 6.07) is 9.41. The molecule has 2 aromatic rings. The van der Waals surface area contributed by atoms with Gasteiger partial charge in [-0.2, -0.15) is 0 Å². The first-order valence-electron chi connectivity index (χ1n) is 9.55. The molecule has 0 saturated carbocycles. The van der Waals surface area contributed by atoms with Crippen molar-refractivity contribution < 1.29 is 9.53 Å². The Hall–Kier alpha value is -3.00. The van der Waals surface area contributed by atoms with Crippen LogP contribution < -0.4 is 11.1 Å². The quantitative estimate of drug-likeness (QED) is 0.359. The fraction of sp³-hybridized carbons (Fsp3) is 0.227. The number of nitrogens with one attached hydrogen (secondary N) is 2. The molecule has 0 spiro atoms. The number of ether oxygens (including phenoxy) is 1. The fourth-order valence-corrected chi connectivity index (χ4v) is 3.26. The number of rotatable bonds is 7. The zero-order chi connectivity index (χ0) is 21.3. The standard InChI is InChI=1S/C22H24ClN5O2/c23-21-11-20(18(12-24)13-25)17(14-26-21)3-6-22(29)27-19-4-1-16(2-5-19)15-28-7-9-30-10-8-28/h1-6,11-14,24H,7-10,15,25H2,(H,27,29)/b6-3+,18-13+,24-12?. The lowest BCUT2D eigenvalue weighted by atomic mass is 10.0. The Morgan fingerprint density at radius 1 is 1.30 bits per heavy atom. The van der Waals surface area contributed by atoms with E-state index in [0.29, 0.717) is 22.4 Å². The summed E-state index contributed by atoms with van der Waals surface area (Å²) in [7, 11) is 0. The highest BCUT2D eigenvalue weighted by Gasteiger charge is 2.11. The monoisotopic (exact) mass is 425 g/mol. The molecule has 1 aliphatic heterocycles. The van der Waals surface area contributed by atoms with Crippen molar-refractivity contribution in [2.24, 2.45) is 5.73 Å². The van der Waals surface area contributed by atoms with Crippen LogP contribution >= 0.6 is 11.6 Å². The van der Waals surface area contributed by atoms with Crippen LogP contribution in [0.3, 0.4) is 0 Å². The van der Waals surface area contributed by atoms with Gasteiger partial charge in [-0.1, -0.05) is 23.7 Å². The SMILES string of the molecule is N=C/C(=C\N)c1cc(Cl)ncc1/C=C/C(=O)Nc1ccc(CN2CCOCC2)cc1. The number of hydrogen-bond donors (Lipinski definition) is 3. The van der Waals surface area contributed by atoms with Crippen molar-refractivity contribution in [2.45, 2.75) is 6.54 Å². The second-order valence-corrected chi connectivity index (χ2v) is 7.16. The highest BCUT2D eigenvalue weighted by Crippen LogP contribution is 2.21. The number of benzene rings is 1. The van der Waals surface area contributed by atoms with Crippen molar-refractivity contribution in [3.05, 3.63) is 70.6 Å². The molecule has 0 radical (unpaired) electrons. The van der Waals surface area contributed by atoms with E-state index in [2.05, 4.69) is 15.2 Å². The third-order valence-corrected chi connectivity index (χ3v) is 4.90. The van der Waals surface area contributed by atoms with E-state index in [-0.39, 0.29) is 11.1 Å². The molecule has 1 aromatic heterocycles. The van der Waals surface area contributed by atoms with Gasteiger partial charge in [0.05, 0.1) is 13.2 Å². The molecule has 4 N–H and O–H groups in total. The Balaban J connectivity index is 1.63. The first kappa shape index (κ1) is 21.7. The number of aromatic nitrogens is 1. The number of carbonyl (C=O) groups excluding carboxylic acids is 1. The Labute approximate surface area is 180 Å². The van der Waals surface area contributed by atoms with Crippen LogP contribution in [0.4, 0.5) is 5.69 Å². The summed E-state index contributed by atoms with van der Waals surface area (Å²) >= 11 is 5.95. The minimum atomic E-state index is -0.273. The summed E-state index contributed by atoms with van der Waals surface area (Å²) in [5.74, 6) is -0.273. The molecule has 0 unspecified atom stereocenters. The van der Waals surface area contributed by atoms with E-state index >= 15 is 0 Å². The minimum Gasteiger partial charge on any atom is -0.404 e. The van der Waals surface area contributed by atoms with Gasteiger partial charge in [-0.05, 0) is 35.4 Å². The van der Waals surface area contributed by atoms with Gasteiger partial charge in [-0.3, -0.25) is 9.69 Å². The first-order valence-corrected chi connectivity index (χ1v) is 9.93. The second-order valence-electron chi connectivity index (χ2n) is 6.77. The number of pyridine rings is 1. The van der Waals surface area contributed by atoms with E-state index in [1.54, 1.807) is 12.1 Å². The van der Waals surface area contributed by atoms with Gasteiger partial charge in [0.15, 0.2) is 0 Å². The number of anilines is 1. The molecule has 1 aliphatic rings. The minimum absolute atomic E-state index is 0.273. The highest BCUT2D eigenvalue weighted by molar-refractivity contribution is 6.29. The Morgan fingerprint density at radius 3 is 2.70 bits per heavy atom. The van der Waals surface area contributed by atoms with Crippen LogP contribution in [0.25, 0.3) is 11.6 Å². The number of nitrogens with two attached hydrogens (primary N) is 1. The van der Waals surface area contributed by atoms with Crippen molar-refractivity contribution in [3.8, 4) is 0 Å². The lowest BCUT2D eigenvalue weighted by Crippen LogP contribution is -2.35. The Bertz CT molecular complexity index is 951. The lowest BCUT2D eigenvalue weighted by Gasteiger charge is -2.26. The van der Waals surface area contributed by atoms with Crippen LogP contribution in [-0.4, -0.2) is 48.3 Å². The van der Waals surface area contributed by atoms with Crippen molar-refractivity contribution in [1.82, 2.24) is 9.88 Å². The molecule has 0 atom stereocenters. The molecule has 156 valence electrons. The summed E-state index contributed by atoms with van der Waals surface area (Å²) in [5, 5.41) is 10.6. The third-order valence-electron chi connectivity index (χ3n) is 4.69. The molecule has 3 rings (SSSR count). The van der Waals surface area contributed by atoms with Crippen molar-refractivity contribution in [3.63, 3.8) is 0 Å². The van der Waals surface area contributed by atoms with Crippen molar-refractivity contribution in [1.29, 1.82) is 5.41 Å². The number of carbonyl (C=O) groups is 1. The zero-order valence-electron chi connectivity index (χ0n) is 16.5. The fourth-order valence-electron chi connectivity index (χ4n) is 3.10. The number of nitrogens with zero attached hydrogens (tertiary/aromatic N) is 2. The number of morpholine rings is 1. The summed E-state index contributed by atoms with van der Waals surface area (Å²) in [6.45, 7) is 4.28. The van der Waals surface area contributed by atoms with Crippen LogP contribution in [-0.2, 0) is 16.1 Å². The number of halogens is 1. The molecule has 1 saturated heterocycles. The number of allylic oxidation sites excluding steroid dienone is 1. The van der Waals surface area contributed by atoms with Gasteiger partial charge in [0.25, 0.3) is 0 Å². The number of hydrogen-bond acceptors (Lipinski definition) is 6. The predicted octanol–water partition coefficient (Wildman–Crippen LogP) is 3.17. The maximum absolute atomic E-state index is 12.3. The zero-order valence-corrected chi connectivity index (χ0v) is 17.2. The first-order chi connectivity index (χ1) is 14.6. The van der Waals surface area contributed by atoms with E-state index in [0.717, 1.165) is 39.1 Å². The molecule has 8 heteroatoms. The average molecular weight is 426 g/mol. The van der Waals surface area contributed by atoms with Gasteiger partial charge in [0, 0.05) is 61.1 Å². The van der Waals surface area contributed by atoms with Gasteiger partial charge in [0.1, 0.15) is 5.15 Å². The summed E-state index contributed by atoms with van der Waals surface area (Å²) in [6.07, 6.45) is 7.01. The maximum atomic E-state index is 12.3. The van der Waals surface area contributed by atoms with Gasteiger partial charge in [0.2, 0.25) is 5.91 Å². The molecular formula is C22H24ClN5O2. The van der Waals surface area contributed by atoms with Gasteiger partial charge in [-0.15, -0.1) is 0 Å². The summed E-state index contributed by atoms with van der Waals surface area (Å²) in [5.41, 5.74) is 9.22. The molecule has 0 aliphatic carbocycles. The predicted molar refractivity (Wildman–Crippen MR) is 120 cm³/mol. The van der Waals surface area contributed by atoms with Crippen LogP contribution in [0.15, 0.2) is 48.8 Å². The maximum Gasteiger partial charge on any atom is 0.248 e. The second kappa shape index (κ2) is 10.7. The molecule has 0 bridgehead atoms. The Morgan fingerprint density at radius 2 is 2.03 bits per heavy atom. The molecular weight excluding hydrogens is 402 g/mol. The number of amides is 1. The van der Waals surface area contributed by atoms with Gasteiger partial charge >= 0.3 is 0 Å². The van der Waals surface area contributed by atoms with E-state index in [9.17, 15) is 4.79 Å². The molecule has 2 heterocycles. The van der Waals surface area contributed by atoms with Crippen LogP contribution in [0, 0.1) is 5.41 Å². The van der Waals surface area contributed by atoms with Gasteiger partial charge in [-0.25, -0.2) is 4.98 Å². The molecule has 1 fully saturated rings. The largest absolute Gasteiger partial charge is 0.404 e. The molecule has 30 heavy (non-hydrogen) atoms. The topological polar surface area (TPSA) is 104 Å². The van der Waals surface area contributed by atoms with Crippen LogP contribution in [0.5, 0.6) is 0 Å². The van der Waals surface area contributed by atoms with E-state index in [4.69, 9.17) is 27.5 Å². The normalized spacial score (nSPS) is 15.3. The van der Waals surface area contributed by atoms with E-state index in [1.807, 2.05) is 24.3 Å². The highest BCUT2D eigenvalue weighted by atomic mass is 35.5. The van der Waals surface area contributed by atoms with Crippen molar-refractivity contribution in [2.75, 3.05) is 31.6 Å². The van der Waals surface area contributed by atoms with Crippen molar-refractivity contribution >= 4 is 41.1 Å². The smallest absolute Gasteiger partial charge is 0.248 e. The van der Waals surface area contributed by atoms with Crippen LogP contribution in [0.2, 0.25) is 5.15 Å². The summed E-state index contributed by atoms with van der Waals surface area (Å²) < 4.78 is 5.37. The lowest BCUT2D eigenvalue weighted by molar-refractivity contribution is -0.111. The average Bonchev–Trinajstić information content (AvgIpc) is 2.76. The summed E-state index contributed by atoms with van der Waals surface area (Å²) in [4.78, 5) is 18.7. The molecule has 1 amide bonds. The molecule has 7 nitrogen and oxygen atoms in total. The van der Waals surface area contributed by atoms with E-state index < -0.39 is 0 Å². The van der Waals surface area contributed by atoms with Gasteiger partial charge < -0.3 is 21.2 Å². The van der Waals surface area contributed by atoms with E-state index in [1.165, 1.54) is 24.0 Å². The Kier molecular flexibility index (Phi) is 7.73. The van der Waals surface area contributed by atoms with Crippen LogP contribution in [0.1, 0.15) is 16.7 Å². The molecule has 1 aromatic carbocycles. The third kappa shape index (κ3) is 6.00.